The molecule has 170 valence electrons. The standard InChI is InChI=1S/C26H27N3O4/c1-18-14-22(19(2)29(18)21-6-4-3-5-7-21)23(30)16-27-10-12-28(13-11-27)26(31)20-8-9-24-25(15-20)33-17-32-24/h3-9,14-15H,10-13,16-17H2,1-2H3. The van der Waals surface area contributed by atoms with Crippen molar-refractivity contribution in [3.8, 4) is 17.2 Å². The monoisotopic (exact) mass is 445 g/mol. The van der Waals surface area contributed by atoms with E-state index in [1.54, 1.807) is 18.2 Å². The molecule has 33 heavy (non-hydrogen) atoms. The second-order valence-corrected chi connectivity index (χ2v) is 8.52. The molecule has 2 aromatic carbocycles. The van der Waals surface area contributed by atoms with Crippen molar-refractivity contribution in [3.05, 3.63) is 77.1 Å². The summed E-state index contributed by atoms with van der Waals surface area (Å²) < 4.78 is 12.8. The van der Waals surface area contributed by atoms with Crippen LogP contribution >= 0.6 is 0 Å². The number of aryl methyl sites for hydroxylation is 1. The van der Waals surface area contributed by atoms with Gasteiger partial charge >= 0.3 is 0 Å². The highest BCUT2D eigenvalue weighted by molar-refractivity contribution is 5.99. The number of benzene rings is 2. The van der Waals surface area contributed by atoms with Crippen molar-refractivity contribution in [1.82, 2.24) is 14.4 Å². The minimum absolute atomic E-state index is 0.0225. The second kappa shape index (κ2) is 8.75. The Morgan fingerprint density at radius 3 is 2.36 bits per heavy atom. The third-order valence-corrected chi connectivity index (χ3v) is 6.39. The number of carbonyl (C=O) groups excluding carboxylic acids is 2. The lowest BCUT2D eigenvalue weighted by Crippen LogP contribution is -2.49. The number of hydrogen-bond donors (Lipinski definition) is 0. The molecule has 0 bridgehead atoms. The first kappa shape index (κ1) is 21.3. The molecule has 7 nitrogen and oxygen atoms in total. The number of aromatic nitrogens is 1. The Hall–Kier alpha value is -3.58. The van der Waals surface area contributed by atoms with Crippen molar-refractivity contribution in [2.45, 2.75) is 13.8 Å². The van der Waals surface area contributed by atoms with Gasteiger partial charge in [0.25, 0.3) is 5.91 Å². The van der Waals surface area contributed by atoms with Crippen molar-refractivity contribution in [2.24, 2.45) is 0 Å². The minimum Gasteiger partial charge on any atom is -0.454 e. The molecule has 0 atom stereocenters. The maximum Gasteiger partial charge on any atom is 0.254 e. The normalized spacial score (nSPS) is 15.6. The first-order chi connectivity index (χ1) is 16.0. The lowest BCUT2D eigenvalue weighted by molar-refractivity contribution is 0.0624. The predicted molar refractivity (Wildman–Crippen MR) is 124 cm³/mol. The Balaban J connectivity index is 1.21. The first-order valence-corrected chi connectivity index (χ1v) is 11.2. The number of ether oxygens (including phenoxy) is 2. The van der Waals surface area contributed by atoms with Gasteiger partial charge < -0.3 is 18.9 Å². The molecule has 7 heteroatoms. The molecule has 0 unspecified atom stereocenters. The summed E-state index contributed by atoms with van der Waals surface area (Å²) in [6.07, 6.45) is 0. The number of carbonyl (C=O) groups is 2. The summed E-state index contributed by atoms with van der Waals surface area (Å²) in [6.45, 7) is 7.07. The van der Waals surface area contributed by atoms with Gasteiger partial charge in [-0.05, 0) is 50.2 Å². The van der Waals surface area contributed by atoms with Crippen LogP contribution in [0.3, 0.4) is 0 Å². The number of nitrogens with zero attached hydrogens (tertiary/aromatic N) is 3. The Bertz CT molecular complexity index is 1190. The third-order valence-electron chi connectivity index (χ3n) is 6.39. The highest BCUT2D eigenvalue weighted by atomic mass is 16.7. The molecule has 0 N–H and O–H groups in total. The van der Waals surface area contributed by atoms with E-state index in [0.717, 1.165) is 22.6 Å². The largest absolute Gasteiger partial charge is 0.454 e. The summed E-state index contributed by atoms with van der Waals surface area (Å²) in [7, 11) is 0. The summed E-state index contributed by atoms with van der Waals surface area (Å²) in [5.41, 5.74) is 4.41. The van der Waals surface area contributed by atoms with E-state index < -0.39 is 0 Å². The fourth-order valence-electron chi connectivity index (χ4n) is 4.63. The van der Waals surface area contributed by atoms with Gasteiger partial charge in [0.1, 0.15) is 0 Å². The van der Waals surface area contributed by atoms with Crippen LogP contribution in [0.5, 0.6) is 11.5 Å². The van der Waals surface area contributed by atoms with Gasteiger partial charge in [-0.15, -0.1) is 0 Å². The molecule has 1 aromatic heterocycles. The molecule has 5 rings (SSSR count). The molecule has 1 fully saturated rings. The SMILES string of the molecule is Cc1cc(C(=O)CN2CCN(C(=O)c3ccc4c(c3)OCO4)CC2)c(C)n1-c1ccccc1. The third kappa shape index (κ3) is 4.12. The van der Waals surface area contributed by atoms with E-state index in [1.165, 1.54) is 0 Å². The number of Topliss-reactive ketones (excluding diaryl/α,β-unsaturated/α-hetero) is 1. The number of amides is 1. The van der Waals surface area contributed by atoms with Crippen LogP contribution in [0.25, 0.3) is 5.69 Å². The number of piperazine rings is 1. The molecular weight excluding hydrogens is 418 g/mol. The highest BCUT2D eigenvalue weighted by Gasteiger charge is 2.26. The fourth-order valence-corrected chi connectivity index (χ4v) is 4.63. The quantitative estimate of drug-likeness (QED) is 0.563. The highest BCUT2D eigenvalue weighted by Crippen LogP contribution is 2.33. The minimum atomic E-state index is -0.0225. The van der Waals surface area contributed by atoms with E-state index >= 15 is 0 Å². The van der Waals surface area contributed by atoms with Crippen molar-refractivity contribution >= 4 is 11.7 Å². The van der Waals surface area contributed by atoms with Crippen molar-refractivity contribution in [3.63, 3.8) is 0 Å². The van der Waals surface area contributed by atoms with Crippen LogP contribution in [0.2, 0.25) is 0 Å². The van der Waals surface area contributed by atoms with E-state index in [1.807, 2.05) is 55.1 Å². The summed E-state index contributed by atoms with van der Waals surface area (Å²) >= 11 is 0. The summed E-state index contributed by atoms with van der Waals surface area (Å²) in [4.78, 5) is 30.0. The van der Waals surface area contributed by atoms with Crippen LogP contribution in [0.1, 0.15) is 32.1 Å². The summed E-state index contributed by atoms with van der Waals surface area (Å²) in [6, 6.07) is 17.3. The second-order valence-electron chi connectivity index (χ2n) is 8.52. The van der Waals surface area contributed by atoms with E-state index in [2.05, 4.69) is 9.47 Å². The topological polar surface area (TPSA) is 64.0 Å². The summed E-state index contributed by atoms with van der Waals surface area (Å²) in [5.74, 6) is 1.37. The molecule has 0 saturated carbocycles. The average molecular weight is 446 g/mol. The zero-order valence-corrected chi connectivity index (χ0v) is 18.9. The van der Waals surface area contributed by atoms with Gasteiger partial charge in [-0.1, -0.05) is 18.2 Å². The molecule has 0 radical (unpaired) electrons. The van der Waals surface area contributed by atoms with E-state index in [4.69, 9.17) is 9.47 Å². The number of ketones is 1. The first-order valence-electron chi connectivity index (χ1n) is 11.2. The smallest absolute Gasteiger partial charge is 0.254 e. The fraction of sp³-hybridized carbons (Fsp3) is 0.308. The van der Waals surface area contributed by atoms with Gasteiger partial charge in [0.15, 0.2) is 17.3 Å². The van der Waals surface area contributed by atoms with Gasteiger partial charge in [0.2, 0.25) is 6.79 Å². The number of hydrogen-bond acceptors (Lipinski definition) is 5. The molecule has 3 aromatic rings. The average Bonchev–Trinajstić information content (AvgIpc) is 3.42. The lowest BCUT2D eigenvalue weighted by Gasteiger charge is -2.34. The van der Waals surface area contributed by atoms with Crippen LogP contribution in [-0.2, 0) is 0 Å². The predicted octanol–water partition coefficient (Wildman–Crippen LogP) is 3.46. The molecule has 0 spiro atoms. The summed E-state index contributed by atoms with van der Waals surface area (Å²) in [5, 5.41) is 0. The van der Waals surface area contributed by atoms with E-state index in [9.17, 15) is 9.59 Å². The van der Waals surface area contributed by atoms with Crippen molar-refractivity contribution < 1.29 is 19.1 Å². The number of para-hydroxylation sites is 1. The van der Waals surface area contributed by atoms with Crippen LogP contribution in [-0.4, -0.2) is 65.6 Å². The van der Waals surface area contributed by atoms with Crippen molar-refractivity contribution in [2.75, 3.05) is 39.5 Å². The molecular formula is C26H27N3O4. The Morgan fingerprint density at radius 2 is 1.61 bits per heavy atom. The zero-order valence-electron chi connectivity index (χ0n) is 18.9. The molecule has 1 amide bonds. The lowest BCUT2D eigenvalue weighted by atomic mass is 10.1. The van der Waals surface area contributed by atoms with Crippen LogP contribution in [0, 0.1) is 13.8 Å². The van der Waals surface area contributed by atoms with Crippen molar-refractivity contribution in [1.29, 1.82) is 0 Å². The van der Waals surface area contributed by atoms with Gasteiger partial charge in [-0.2, -0.15) is 0 Å². The molecule has 2 aliphatic heterocycles. The zero-order chi connectivity index (χ0) is 22.9. The van der Waals surface area contributed by atoms with Gasteiger partial charge in [0.05, 0.1) is 6.54 Å². The van der Waals surface area contributed by atoms with E-state index in [0.29, 0.717) is 49.8 Å². The molecule has 2 aliphatic rings. The van der Waals surface area contributed by atoms with Gasteiger partial charge in [-0.25, -0.2) is 0 Å². The van der Waals surface area contributed by atoms with Gasteiger partial charge in [0, 0.05) is 54.4 Å². The van der Waals surface area contributed by atoms with Crippen LogP contribution in [0.4, 0.5) is 0 Å². The Kier molecular flexibility index (Phi) is 5.64. The van der Waals surface area contributed by atoms with Crippen LogP contribution < -0.4 is 9.47 Å². The van der Waals surface area contributed by atoms with Gasteiger partial charge in [-0.3, -0.25) is 14.5 Å². The molecule has 3 heterocycles. The van der Waals surface area contributed by atoms with Crippen LogP contribution in [0.15, 0.2) is 54.6 Å². The van der Waals surface area contributed by atoms with E-state index in [-0.39, 0.29) is 18.5 Å². The number of fused-ring (bicyclic) bond motifs is 1. The maximum atomic E-state index is 13.1. The number of rotatable bonds is 5. The maximum absolute atomic E-state index is 13.1. The molecule has 0 aliphatic carbocycles. The Morgan fingerprint density at radius 1 is 0.879 bits per heavy atom. The Labute approximate surface area is 193 Å². The molecule has 1 saturated heterocycles.